The van der Waals surface area contributed by atoms with Gasteiger partial charge in [0.05, 0.1) is 10.7 Å². The highest BCUT2D eigenvalue weighted by atomic mass is 32.1. The van der Waals surface area contributed by atoms with Gasteiger partial charge >= 0.3 is 0 Å². The molecular formula is C12H13N3OS2. The average molecular weight is 279 g/mol. The largest absolute Gasteiger partial charge is 0.420 e. The van der Waals surface area contributed by atoms with Gasteiger partial charge < -0.3 is 9.73 Å². The molecule has 0 unspecified atom stereocenters. The van der Waals surface area contributed by atoms with Crippen molar-refractivity contribution in [2.24, 2.45) is 0 Å². The number of rotatable bonds is 4. The molecule has 0 aliphatic heterocycles. The second-order valence-electron chi connectivity index (χ2n) is 3.71. The average Bonchev–Trinajstić information content (AvgIpc) is 2.88. The third kappa shape index (κ3) is 3.08. The van der Waals surface area contributed by atoms with Gasteiger partial charge in [0, 0.05) is 19.0 Å². The molecule has 2 aromatic rings. The van der Waals surface area contributed by atoms with Crippen LogP contribution >= 0.6 is 24.8 Å². The molecule has 94 valence electrons. The first-order chi connectivity index (χ1) is 8.72. The summed E-state index contributed by atoms with van der Waals surface area (Å²) in [6, 6.07) is 7.90. The molecule has 1 aromatic carbocycles. The van der Waals surface area contributed by atoms with Crippen molar-refractivity contribution in [2.75, 3.05) is 7.05 Å². The van der Waals surface area contributed by atoms with E-state index in [4.69, 9.17) is 16.6 Å². The number of nitrogens with zero attached hydrogens (tertiary/aromatic N) is 2. The lowest BCUT2D eigenvalue weighted by Crippen LogP contribution is -2.17. The number of hydrogen-bond acceptors (Lipinski definition) is 5. The van der Waals surface area contributed by atoms with Gasteiger partial charge in [0.1, 0.15) is 0 Å². The Morgan fingerprint density at radius 2 is 2.06 bits per heavy atom. The van der Waals surface area contributed by atoms with E-state index in [0.29, 0.717) is 17.5 Å². The van der Waals surface area contributed by atoms with Crippen LogP contribution in [-0.4, -0.2) is 22.2 Å². The minimum Gasteiger partial charge on any atom is -0.420 e. The third-order valence-electron chi connectivity index (χ3n) is 2.45. The first-order valence-corrected chi connectivity index (χ1v) is 6.50. The maximum Gasteiger partial charge on any atom is 0.247 e. The molecular weight excluding hydrogens is 266 g/mol. The van der Waals surface area contributed by atoms with Gasteiger partial charge in [0.15, 0.2) is 0 Å². The fourth-order valence-electron chi connectivity index (χ4n) is 1.47. The van der Waals surface area contributed by atoms with Gasteiger partial charge in [0.2, 0.25) is 11.8 Å². The molecule has 0 fully saturated rings. The molecule has 18 heavy (non-hydrogen) atoms. The molecule has 0 aliphatic rings. The topological polar surface area (TPSA) is 51.0 Å². The van der Waals surface area contributed by atoms with E-state index in [1.54, 1.807) is 0 Å². The summed E-state index contributed by atoms with van der Waals surface area (Å²) in [5, 5.41) is 10.8. The zero-order valence-corrected chi connectivity index (χ0v) is 11.6. The van der Waals surface area contributed by atoms with E-state index < -0.39 is 0 Å². The molecule has 0 saturated carbocycles. The smallest absolute Gasteiger partial charge is 0.247 e. The predicted octanol–water partition coefficient (Wildman–Crippen LogP) is 2.26. The van der Waals surface area contributed by atoms with E-state index in [0.717, 1.165) is 22.5 Å². The number of aromatic nitrogens is 2. The van der Waals surface area contributed by atoms with Crippen LogP contribution in [0, 0.1) is 0 Å². The highest BCUT2D eigenvalue weighted by Gasteiger charge is 2.07. The Morgan fingerprint density at radius 3 is 2.61 bits per heavy atom. The molecule has 1 N–H and O–H groups in total. The Balaban J connectivity index is 2.14. The molecule has 1 aromatic heterocycles. The van der Waals surface area contributed by atoms with Crippen molar-refractivity contribution in [1.82, 2.24) is 15.5 Å². The normalized spacial score (nSPS) is 10.3. The Hall–Kier alpha value is -1.40. The lowest BCUT2D eigenvalue weighted by molar-refractivity contribution is 0.529. The van der Waals surface area contributed by atoms with E-state index >= 15 is 0 Å². The van der Waals surface area contributed by atoms with Crippen LogP contribution in [0.15, 0.2) is 28.7 Å². The Bertz CT molecular complexity index is 537. The fourth-order valence-corrected chi connectivity index (χ4v) is 1.77. The van der Waals surface area contributed by atoms with Gasteiger partial charge in [-0.3, -0.25) is 0 Å². The van der Waals surface area contributed by atoms with Gasteiger partial charge in [-0.05, 0) is 17.7 Å². The summed E-state index contributed by atoms with van der Waals surface area (Å²) in [4.78, 5) is 0.818. The number of hydrogen-bond donors (Lipinski definition) is 2. The highest BCUT2D eigenvalue weighted by molar-refractivity contribution is 7.80. The first kappa shape index (κ1) is 13.0. The maximum atomic E-state index is 5.42. The summed E-state index contributed by atoms with van der Waals surface area (Å²) < 4.78 is 5.42. The molecule has 1 heterocycles. The van der Waals surface area contributed by atoms with Gasteiger partial charge in [-0.2, -0.15) is 12.6 Å². The predicted molar refractivity (Wildman–Crippen MR) is 77.8 cm³/mol. The number of likely N-dealkylation sites (N-methyl/N-ethyl adjacent to an activating group) is 1. The molecule has 0 saturated heterocycles. The summed E-state index contributed by atoms with van der Waals surface area (Å²) in [5.41, 5.74) is 2.04. The molecule has 2 rings (SSSR count). The zero-order chi connectivity index (χ0) is 13.0. The Labute approximate surface area is 116 Å². The summed E-state index contributed by atoms with van der Waals surface area (Å²) in [6.45, 7) is 0. The summed E-state index contributed by atoms with van der Waals surface area (Å²) in [5.74, 6) is 1.48. The second kappa shape index (κ2) is 5.97. The number of nitrogens with one attached hydrogen (secondary N) is 1. The molecule has 0 aliphatic carbocycles. The number of thiocarbonyl (C=S) groups is 1. The van der Waals surface area contributed by atoms with Crippen molar-refractivity contribution in [2.45, 2.75) is 12.2 Å². The summed E-state index contributed by atoms with van der Waals surface area (Å²) in [7, 11) is 1.83. The van der Waals surface area contributed by atoms with Crippen LogP contribution in [0.25, 0.3) is 11.5 Å². The molecule has 0 radical (unpaired) electrons. The van der Waals surface area contributed by atoms with E-state index in [1.165, 1.54) is 0 Å². The van der Waals surface area contributed by atoms with Crippen LogP contribution in [0.1, 0.15) is 11.5 Å². The minimum atomic E-state index is 0.446. The van der Waals surface area contributed by atoms with Crippen LogP contribution in [0.4, 0.5) is 0 Å². The lowest BCUT2D eigenvalue weighted by atomic mass is 10.1. The van der Waals surface area contributed by atoms with Gasteiger partial charge in [0.25, 0.3) is 0 Å². The van der Waals surface area contributed by atoms with Crippen molar-refractivity contribution in [3.63, 3.8) is 0 Å². The number of benzene rings is 1. The van der Waals surface area contributed by atoms with Crippen molar-refractivity contribution >= 4 is 29.8 Å². The van der Waals surface area contributed by atoms with E-state index in [-0.39, 0.29) is 0 Å². The van der Waals surface area contributed by atoms with Crippen LogP contribution in [-0.2, 0) is 12.2 Å². The molecule has 0 bridgehead atoms. The van der Waals surface area contributed by atoms with E-state index in [2.05, 4.69) is 28.1 Å². The maximum absolute atomic E-state index is 5.42. The summed E-state index contributed by atoms with van der Waals surface area (Å²) in [6.07, 6.45) is 0.734. The van der Waals surface area contributed by atoms with Crippen molar-refractivity contribution in [3.8, 4) is 11.5 Å². The van der Waals surface area contributed by atoms with Crippen molar-refractivity contribution < 1.29 is 4.42 Å². The molecule has 6 heteroatoms. The molecule has 0 atom stereocenters. The Morgan fingerprint density at radius 1 is 1.33 bits per heavy atom. The molecule has 0 amide bonds. The quantitative estimate of drug-likeness (QED) is 0.664. The van der Waals surface area contributed by atoms with Gasteiger partial charge in [-0.1, -0.05) is 24.4 Å². The standard InChI is InChI=1S/C12H13N3OS2/c1-13-11(18)6-8-2-4-9(5-3-8)12-15-14-10(7-17)16-12/h2-5,17H,6-7H2,1H3,(H,13,18). The molecule has 0 spiro atoms. The van der Waals surface area contributed by atoms with Crippen LogP contribution in [0.5, 0.6) is 0 Å². The SMILES string of the molecule is CNC(=S)Cc1ccc(-c2nnc(CS)o2)cc1. The van der Waals surface area contributed by atoms with Crippen LogP contribution in [0.2, 0.25) is 0 Å². The first-order valence-electron chi connectivity index (χ1n) is 5.46. The lowest BCUT2D eigenvalue weighted by Gasteiger charge is -2.03. The van der Waals surface area contributed by atoms with Crippen molar-refractivity contribution in [1.29, 1.82) is 0 Å². The minimum absolute atomic E-state index is 0.446. The monoisotopic (exact) mass is 279 g/mol. The van der Waals surface area contributed by atoms with Crippen LogP contribution in [0.3, 0.4) is 0 Å². The zero-order valence-electron chi connectivity index (χ0n) is 9.88. The third-order valence-corrected chi connectivity index (χ3v) is 3.07. The van der Waals surface area contributed by atoms with Gasteiger partial charge in [-0.15, -0.1) is 10.2 Å². The second-order valence-corrected chi connectivity index (χ2v) is 4.51. The Kier molecular flexibility index (Phi) is 4.33. The van der Waals surface area contributed by atoms with Crippen LogP contribution < -0.4 is 5.32 Å². The fraction of sp³-hybridized carbons (Fsp3) is 0.250. The molecule has 4 nitrogen and oxygen atoms in total. The van der Waals surface area contributed by atoms with Crippen molar-refractivity contribution in [3.05, 3.63) is 35.7 Å². The van der Waals surface area contributed by atoms with Gasteiger partial charge in [-0.25, -0.2) is 0 Å². The van der Waals surface area contributed by atoms with E-state index in [9.17, 15) is 0 Å². The highest BCUT2D eigenvalue weighted by Crippen LogP contribution is 2.19. The summed E-state index contributed by atoms with van der Waals surface area (Å²) >= 11 is 9.21. The van der Waals surface area contributed by atoms with E-state index in [1.807, 2.05) is 31.3 Å². The number of thiol groups is 1.